The molecule has 0 spiro atoms. The molecule has 0 aliphatic carbocycles. The molecule has 0 amide bonds. The van der Waals surface area contributed by atoms with Crippen LogP contribution in [0.15, 0.2) is 48.5 Å². The number of hydrogen-bond donors (Lipinski definition) is 1. The highest BCUT2D eigenvalue weighted by molar-refractivity contribution is 6.30. The molecule has 1 aliphatic rings. The second-order valence-corrected chi connectivity index (χ2v) is 8.02. The Labute approximate surface area is 173 Å². The van der Waals surface area contributed by atoms with Gasteiger partial charge in [0.05, 0.1) is 0 Å². The van der Waals surface area contributed by atoms with Crippen molar-refractivity contribution in [3.8, 4) is 5.75 Å². The van der Waals surface area contributed by atoms with E-state index in [9.17, 15) is 5.11 Å². The van der Waals surface area contributed by atoms with Gasteiger partial charge in [-0.3, -0.25) is 4.90 Å². The fraction of sp³-hybridized carbons (Fsp3) is 0.478. The molecule has 0 radical (unpaired) electrons. The van der Waals surface area contributed by atoms with Crippen molar-refractivity contribution in [2.75, 3.05) is 44.2 Å². The van der Waals surface area contributed by atoms with Gasteiger partial charge in [-0.2, -0.15) is 0 Å². The van der Waals surface area contributed by atoms with Crippen LogP contribution in [0.25, 0.3) is 0 Å². The number of piperazine rings is 1. The minimum absolute atomic E-state index is 0.321. The summed E-state index contributed by atoms with van der Waals surface area (Å²) in [5, 5.41) is 11.2. The molecule has 1 fully saturated rings. The van der Waals surface area contributed by atoms with Gasteiger partial charge in [-0.05, 0) is 42.2 Å². The van der Waals surface area contributed by atoms with Crippen LogP contribution in [0.1, 0.15) is 31.7 Å². The third kappa shape index (κ3) is 5.63. The first-order valence-corrected chi connectivity index (χ1v) is 10.6. The van der Waals surface area contributed by atoms with Crippen LogP contribution in [0.4, 0.5) is 5.69 Å². The van der Waals surface area contributed by atoms with Crippen LogP contribution >= 0.6 is 11.6 Å². The van der Waals surface area contributed by atoms with E-state index in [4.69, 9.17) is 16.3 Å². The summed E-state index contributed by atoms with van der Waals surface area (Å²) in [5.41, 5.74) is 2.38. The average molecular weight is 403 g/mol. The lowest BCUT2D eigenvalue weighted by Gasteiger charge is -2.37. The Morgan fingerprint density at radius 1 is 1.07 bits per heavy atom. The zero-order valence-corrected chi connectivity index (χ0v) is 17.6. The van der Waals surface area contributed by atoms with Gasteiger partial charge in [0.1, 0.15) is 18.5 Å². The number of aliphatic hydroxyl groups excluding tert-OH is 1. The van der Waals surface area contributed by atoms with Gasteiger partial charge in [0.15, 0.2) is 0 Å². The van der Waals surface area contributed by atoms with Crippen LogP contribution < -0.4 is 9.64 Å². The van der Waals surface area contributed by atoms with Crippen molar-refractivity contribution in [1.29, 1.82) is 0 Å². The van der Waals surface area contributed by atoms with Gasteiger partial charge < -0.3 is 14.7 Å². The number of halogens is 1. The molecular formula is C23H31ClN2O2. The van der Waals surface area contributed by atoms with Crippen LogP contribution in [0.3, 0.4) is 0 Å². The van der Waals surface area contributed by atoms with Gasteiger partial charge in [-0.1, -0.05) is 49.7 Å². The maximum atomic E-state index is 10.5. The molecule has 2 aromatic carbocycles. The molecule has 1 aliphatic heterocycles. The number of β-amino-alcohol motifs (C(OH)–C–C–N with tert-alkyl or cyclic N) is 1. The molecule has 152 valence electrons. The summed E-state index contributed by atoms with van der Waals surface area (Å²) in [5.74, 6) is 1.34. The number of nitrogens with zero attached hydrogens (tertiary/aromatic N) is 2. The second kappa shape index (κ2) is 10.1. The summed E-state index contributed by atoms with van der Waals surface area (Å²) in [6.45, 7) is 9.06. The Bertz CT molecular complexity index is 747. The van der Waals surface area contributed by atoms with Crippen molar-refractivity contribution in [3.05, 3.63) is 59.1 Å². The van der Waals surface area contributed by atoms with Crippen LogP contribution in [-0.2, 0) is 0 Å². The number of anilines is 1. The Morgan fingerprint density at radius 3 is 2.54 bits per heavy atom. The largest absolute Gasteiger partial charge is 0.491 e. The van der Waals surface area contributed by atoms with E-state index < -0.39 is 6.10 Å². The highest BCUT2D eigenvalue weighted by Crippen LogP contribution is 2.28. The summed E-state index contributed by atoms with van der Waals surface area (Å²) in [7, 11) is 0. The standard InChI is InChI=1S/C23H31ClN2O2/c1-3-18(2)22-9-4-5-10-23(22)28-17-21(27)16-25-11-13-26(14-12-25)20-8-6-7-19(24)15-20/h4-10,15,18,21,27H,3,11-14,16-17H2,1-2H3/t18-,21+/m0/s1. The van der Waals surface area contributed by atoms with E-state index in [1.807, 2.05) is 36.4 Å². The lowest BCUT2D eigenvalue weighted by atomic mass is 9.98. The summed E-state index contributed by atoms with van der Waals surface area (Å²) in [6, 6.07) is 16.1. The van der Waals surface area contributed by atoms with E-state index in [0.717, 1.165) is 49.1 Å². The topological polar surface area (TPSA) is 35.9 Å². The number of ether oxygens (including phenoxy) is 1. The molecule has 4 nitrogen and oxygen atoms in total. The second-order valence-electron chi connectivity index (χ2n) is 7.58. The Balaban J connectivity index is 1.46. The van der Waals surface area contributed by atoms with E-state index in [-0.39, 0.29) is 0 Å². The minimum Gasteiger partial charge on any atom is -0.491 e. The Hall–Kier alpha value is -1.75. The molecule has 2 aromatic rings. The molecule has 0 bridgehead atoms. The third-order valence-corrected chi connectivity index (χ3v) is 5.74. The normalized spacial score (nSPS) is 17.4. The maximum Gasteiger partial charge on any atom is 0.122 e. The van der Waals surface area contributed by atoms with Crippen molar-refractivity contribution < 1.29 is 9.84 Å². The SMILES string of the molecule is CC[C@H](C)c1ccccc1OC[C@H](O)CN1CCN(c2cccc(Cl)c2)CC1. The molecule has 2 atom stereocenters. The fourth-order valence-electron chi connectivity index (χ4n) is 3.64. The summed E-state index contributed by atoms with van der Waals surface area (Å²) < 4.78 is 5.97. The van der Waals surface area contributed by atoms with E-state index >= 15 is 0 Å². The predicted molar refractivity (Wildman–Crippen MR) is 117 cm³/mol. The summed E-state index contributed by atoms with van der Waals surface area (Å²) in [4.78, 5) is 4.64. The first-order chi connectivity index (χ1) is 13.6. The molecule has 0 aromatic heterocycles. The monoisotopic (exact) mass is 402 g/mol. The molecule has 1 saturated heterocycles. The highest BCUT2D eigenvalue weighted by atomic mass is 35.5. The zero-order chi connectivity index (χ0) is 19.9. The molecule has 3 rings (SSSR count). The number of benzene rings is 2. The van der Waals surface area contributed by atoms with Gasteiger partial charge >= 0.3 is 0 Å². The van der Waals surface area contributed by atoms with Gasteiger partial charge in [-0.25, -0.2) is 0 Å². The quantitative estimate of drug-likeness (QED) is 0.709. The molecule has 0 saturated carbocycles. The van der Waals surface area contributed by atoms with E-state index in [2.05, 4.69) is 35.8 Å². The zero-order valence-electron chi connectivity index (χ0n) is 16.9. The van der Waals surface area contributed by atoms with E-state index in [1.165, 1.54) is 5.56 Å². The molecule has 1 N–H and O–H groups in total. The third-order valence-electron chi connectivity index (χ3n) is 5.51. The van der Waals surface area contributed by atoms with Crippen molar-refractivity contribution in [3.63, 3.8) is 0 Å². The van der Waals surface area contributed by atoms with Crippen LogP contribution in [0, 0.1) is 0 Å². The molecule has 1 heterocycles. The summed E-state index contributed by atoms with van der Waals surface area (Å²) >= 11 is 6.10. The number of hydrogen-bond acceptors (Lipinski definition) is 4. The Morgan fingerprint density at radius 2 is 1.82 bits per heavy atom. The van der Waals surface area contributed by atoms with Gasteiger partial charge in [0.2, 0.25) is 0 Å². The lowest BCUT2D eigenvalue weighted by Crippen LogP contribution is -2.49. The first kappa shape index (κ1) is 21.0. The number of aliphatic hydroxyl groups is 1. The van der Waals surface area contributed by atoms with Gasteiger partial charge in [0.25, 0.3) is 0 Å². The maximum absolute atomic E-state index is 10.5. The summed E-state index contributed by atoms with van der Waals surface area (Å²) in [6.07, 6.45) is 0.572. The van der Waals surface area contributed by atoms with Crippen molar-refractivity contribution in [2.45, 2.75) is 32.3 Å². The van der Waals surface area contributed by atoms with Crippen molar-refractivity contribution in [2.24, 2.45) is 0 Å². The van der Waals surface area contributed by atoms with Crippen molar-refractivity contribution in [1.82, 2.24) is 4.90 Å². The molecule has 28 heavy (non-hydrogen) atoms. The highest BCUT2D eigenvalue weighted by Gasteiger charge is 2.20. The first-order valence-electron chi connectivity index (χ1n) is 10.2. The predicted octanol–water partition coefficient (Wildman–Crippen LogP) is 4.42. The number of para-hydroxylation sites is 1. The molecular weight excluding hydrogens is 372 g/mol. The van der Waals surface area contributed by atoms with Gasteiger partial charge in [0, 0.05) is 43.4 Å². The van der Waals surface area contributed by atoms with E-state index in [1.54, 1.807) is 0 Å². The minimum atomic E-state index is -0.497. The van der Waals surface area contributed by atoms with Crippen LogP contribution in [-0.4, -0.2) is 55.4 Å². The van der Waals surface area contributed by atoms with Crippen molar-refractivity contribution >= 4 is 17.3 Å². The van der Waals surface area contributed by atoms with Gasteiger partial charge in [-0.15, -0.1) is 0 Å². The average Bonchev–Trinajstić information content (AvgIpc) is 2.72. The van der Waals surface area contributed by atoms with Crippen LogP contribution in [0.5, 0.6) is 5.75 Å². The smallest absolute Gasteiger partial charge is 0.122 e. The molecule has 5 heteroatoms. The number of rotatable bonds is 8. The van der Waals surface area contributed by atoms with Crippen LogP contribution in [0.2, 0.25) is 5.02 Å². The lowest BCUT2D eigenvalue weighted by molar-refractivity contribution is 0.0658. The molecule has 0 unspecified atom stereocenters. The van der Waals surface area contributed by atoms with E-state index in [0.29, 0.717) is 19.1 Å². The fourth-order valence-corrected chi connectivity index (χ4v) is 3.82. The Kier molecular flexibility index (Phi) is 7.60.